The Kier molecular flexibility index (Phi) is 4.18. The minimum Gasteiger partial charge on any atom is -0.382 e. The predicted molar refractivity (Wildman–Crippen MR) is 97.0 cm³/mol. The van der Waals surface area contributed by atoms with E-state index in [1.54, 1.807) is 12.1 Å². The topological polar surface area (TPSA) is 63.8 Å². The van der Waals surface area contributed by atoms with Crippen molar-refractivity contribution in [3.8, 4) is 11.3 Å². The van der Waals surface area contributed by atoms with Crippen molar-refractivity contribution in [1.29, 1.82) is 0 Å². The highest BCUT2D eigenvalue weighted by molar-refractivity contribution is 5.83. The van der Waals surface area contributed by atoms with Crippen LogP contribution in [0.15, 0.2) is 54.6 Å². The lowest BCUT2D eigenvalue weighted by Gasteiger charge is -2.14. The van der Waals surface area contributed by atoms with Crippen LogP contribution in [0.3, 0.4) is 0 Å². The number of rotatable bonds is 2. The summed E-state index contributed by atoms with van der Waals surface area (Å²) in [6.07, 6.45) is 1.82. The summed E-state index contributed by atoms with van der Waals surface area (Å²) < 4.78 is 28.6. The second kappa shape index (κ2) is 6.65. The van der Waals surface area contributed by atoms with Crippen molar-refractivity contribution < 1.29 is 8.78 Å². The molecule has 0 atom stereocenters. The maximum absolute atomic E-state index is 14.3. The first-order valence-corrected chi connectivity index (χ1v) is 8.21. The standard InChI is InChI=1S/C20H16F2N4/c21-16-2-1-3-17(22)20(16)15-8-9-24-11-13-10-12(4-5-14(13)15)18-6-7-19(23)26-25-18/h1-8,10,24H,9,11H2,(H2,23,26). The third kappa shape index (κ3) is 2.95. The van der Waals surface area contributed by atoms with E-state index in [9.17, 15) is 8.78 Å². The Bertz CT molecular complexity index is 977. The number of halogens is 2. The Morgan fingerprint density at radius 1 is 0.962 bits per heavy atom. The van der Waals surface area contributed by atoms with Crippen LogP contribution in [0.4, 0.5) is 14.6 Å². The van der Waals surface area contributed by atoms with Crippen LogP contribution in [0, 0.1) is 11.6 Å². The van der Waals surface area contributed by atoms with Crippen molar-refractivity contribution in [2.75, 3.05) is 12.3 Å². The molecular weight excluding hydrogens is 334 g/mol. The average molecular weight is 350 g/mol. The van der Waals surface area contributed by atoms with Crippen LogP contribution in [0.2, 0.25) is 0 Å². The van der Waals surface area contributed by atoms with E-state index < -0.39 is 11.6 Å². The highest BCUT2D eigenvalue weighted by atomic mass is 19.1. The molecule has 0 bridgehead atoms. The molecule has 1 aliphatic heterocycles. The predicted octanol–water partition coefficient (Wildman–Crippen LogP) is 3.54. The molecule has 0 saturated carbocycles. The van der Waals surface area contributed by atoms with Gasteiger partial charge in [-0.25, -0.2) is 8.78 Å². The summed E-state index contributed by atoms with van der Waals surface area (Å²) >= 11 is 0. The molecule has 0 fully saturated rings. The zero-order chi connectivity index (χ0) is 18.1. The van der Waals surface area contributed by atoms with E-state index in [4.69, 9.17) is 5.73 Å². The smallest absolute Gasteiger partial charge is 0.146 e. The van der Waals surface area contributed by atoms with E-state index in [0.29, 0.717) is 30.2 Å². The van der Waals surface area contributed by atoms with Crippen molar-refractivity contribution in [2.45, 2.75) is 6.54 Å². The molecule has 4 nitrogen and oxygen atoms in total. The number of aromatic nitrogens is 2. The van der Waals surface area contributed by atoms with Crippen molar-refractivity contribution in [3.05, 3.63) is 82.9 Å². The van der Waals surface area contributed by atoms with Gasteiger partial charge in [-0.3, -0.25) is 0 Å². The van der Waals surface area contributed by atoms with Gasteiger partial charge in [0.1, 0.15) is 17.5 Å². The average Bonchev–Trinajstić information content (AvgIpc) is 2.84. The van der Waals surface area contributed by atoms with E-state index in [1.807, 2.05) is 24.3 Å². The van der Waals surface area contributed by atoms with Crippen molar-refractivity contribution in [2.24, 2.45) is 0 Å². The molecule has 3 N–H and O–H groups in total. The summed E-state index contributed by atoms with van der Waals surface area (Å²) in [6, 6.07) is 13.1. The van der Waals surface area contributed by atoms with Crippen LogP contribution in [0.25, 0.3) is 16.8 Å². The Labute approximate surface area is 149 Å². The number of fused-ring (bicyclic) bond motifs is 1. The summed E-state index contributed by atoms with van der Waals surface area (Å²) in [5.41, 5.74) is 9.43. The highest BCUT2D eigenvalue weighted by Crippen LogP contribution is 2.33. The van der Waals surface area contributed by atoms with E-state index in [1.165, 1.54) is 18.2 Å². The van der Waals surface area contributed by atoms with Crippen LogP contribution in [0.1, 0.15) is 16.7 Å². The maximum Gasteiger partial charge on any atom is 0.146 e. The first kappa shape index (κ1) is 16.4. The molecule has 1 aromatic heterocycles. The summed E-state index contributed by atoms with van der Waals surface area (Å²) in [5, 5.41) is 11.2. The number of anilines is 1. The van der Waals surface area contributed by atoms with Gasteiger partial charge in [0.15, 0.2) is 0 Å². The van der Waals surface area contributed by atoms with Gasteiger partial charge in [0.05, 0.1) is 11.3 Å². The molecule has 0 amide bonds. The first-order chi connectivity index (χ1) is 12.6. The monoisotopic (exact) mass is 350 g/mol. The van der Waals surface area contributed by atoms with Gasteiger partial charge in [0, 0.05) is 18.7 Å². The Balaban J connectivity index is 1.83. The molecule has 1 aliphatic rings. The van der Waals surface area contributed by atoms with E-state index >= 15 is 0 Å². The third-order valence-corrected chi connectivity index (χ3v) is 4.37. The summed E-state index contributed by atoms with van der Waals surface area (Å²) in [5.74, 6) is -0.791. The normalized spacial score (nSPS) is 13.7. The van der Waals surface area contributed by atoms with Gasteiger partial charge in [0.25, 0.3) is 0 Å². The van der Waals surface area contributed by atoms with Gasteiger partial charge in [0.2, 0.25) is 0 Å². The van der Waals surface area contributed by atoms with Gasteiger partial charge in [-0.2, -0.15) is 0 Å². The molecule has 0 saturated heterocycles. The van der Waals surface area contributed by atoms with E-state index in [-0.39, 0.29) is 5.56 Å². The number of nitrogens with one attached hydrogen (secondary N) is 1. The van der Waals surface area contributed by atoms with E-state index in [0.717, 1.165) is 16.7 Å². The molecule has 4 rings (SSSR count). The van der Waals surface area contributed by atoms with Crippen molar-refractivity contribution in [1.82, 2.24) is 15.5 Å². The number of hydrogen-bond acceptors (Lipinski definition) is 4. The largest absolute Gasteiger partial charge is 0.382 e. The van der Waals surface area contributed by atoms with Gasteiger partial charge < -0.3 is 11.1 Å². The lowest BCUT2D eigenvalue weighted by Crippen LogP contribution is -2.11. The molecule has 3 aromatic rings. The number of hydrogen-bond donors (Lipinski definition) is 2. The Morgan fingerprint density at radius 2 is 1.77 bits per heavy atom. The minimum absolute atomic E-state index is 0.00234. The Hall–Kier alpha value is -3.12. The SMILES string of the molecule is Nc1ccc(-c2ccc3c(c2)CNCC=C3c2c(F)cccc2F)nn1. The molecule has 0 aliphatic carbocycles. The van der Waals surface area contributed by atoms with Gasteiger partial charge >= 0.3 is 0 Å². The number of nitrogen functional groups attached to an aromatic ring is 1. The van der Waals surface area contributed by atoms with Gasteiger partial charge in [-0.05, 0) is 47.0 Å². The molecule has 2 aromatic carbocycles. The lowest BCUT2D eigenvalue weighted by atomic mass is 9.91. The minimum atomic E-state index is -0.572. The molecule has 6 heteroatoms. The molecule has 130 valence electrons. The van der Waals surface area contributed by atoms with Crippen molar-refractivity contribution >= 4 is 11.4 Å². The first-order valence-electron chi connectivity index (χ1n) is 8.21. The van der Waals surface area contributed by atoms with Crippen LogP contribution in [0.5, 0.6) is 0 Å². The Morgan fingerprint density at radius 3 is 2.50 bits per heavy atom. The van der Waals surface area contributed by atoms with Crippen LogP contribution in [-0.4, -0.2) is 16.7 Å². The van der Waals surface area contributed by atoms with Crippen LogP contribution >= 0.6 is 0 Å². The van der Waals surface area contributed by atoms with Crippen LogP contribution in [-0.2, 0) is 6.54 Å². The molecule has 0 spiro atoms. The molecular formula is C20H16F2N4. The van der Waals surface area contributed by atoms with Gasteiger partial charge in [-0.1, -0.05) is 24.3 Å². The number of benzene rings is 2. The lowest BCUT2D eigenvalue weighted by molar-refractivity contribution is 0.577. The van der Waals surface area contributed by atoms with Crippen LogP contribution < -0.4 is 11.1 Å². The highest BCUT2D eigenvalue weighted by Gasteiger charge is 2.20. The molecule has 0 radical (unpaired) electrons. The second-order valence-corrected chi connectivity index (χ2v) is 6.06. The summed E-state index contributed by atoms with van der Waals surface area (Å²) in [7, 11) is 0. The second-order valence-electron chi connectivity index (χ2n) is 6.06. The zero-order valence-corrected chi connectivity index (χ0v) is 13.8. The molecule has 0 unspecified atom stereocenters. The quantitative estimate of drug-likeness (QED) is 0.742. The number of nitrogens with zero attached hydrogens (tertiary/aromatic N) is 2. The fourth-order valence-corrected chi connectivity index (χ4v) is 3.14. The fraction of sp³-hybridized carbons (Fsp3) is 0.100. The molecule has 2 heterocycles. The number of nitrogens with two attached hydrogens (primary N) is 1. The fourth-order valence-electron chi connectivity index (χ4n) is 3.14. The molecule has 26 heavy (non-hydrogen) atoms. The van der Waals surface area contributed by atoms with Crippen molar-refractivity contribution in [3.63, 3.8) is 0 Å². The third-order valence-electron chi connectivity index (χ3n) is 4.37. The maximum atomic E-state index is 14.3. The van der Waals surface area contributed by atoms with Gasteiger partial charge in [-0.15, -0.1) is 10.2 Å². The summed E-state index contributed by atoms with van der Waals surface area (Å²) in [4.78, 5) is 0. The van der Waals surface area contributed by atoms with E-state index in [2.05, 4.69) is 15.5 Å². The summed E-state index contributed by atoms with van der Waals surface area (Å²) in [6.45, 7) is 1.11. The zero-order valence-electron chi connectivity index (χ0n) is 13.8.